The first kappa shape index (κ1) is 20.3. The Hall–Kier alpha value is -3.96. The molecule has 7 nitrogen and oxygen atoms in total. The van der Waals surface area contributed by atoms with Crippen LogP contribution in [0.4, 0.5) is 5.00 Å². The number of anilines is 1. The second-order valence-corrected chi connectivity index (χ2v) is 8.23. The number of hydrogen-bond donors (Lipinski definition) is 2. The molecule has 0 spiro atoms. The van der Waals surface area contributed by atoms with Crippen molar-refractivity contribution < 1.29 is 14.0 Å². The number of nitrogens with one attached hydrogen (secondary N) is 2. The zero-order chi connectivity index (χ0) is 22.3. The lowest BCUT2D eigenvalue weighted by Gasteiger charge is -2.08. The molecule has 31 heavy (non-hydrogen) atoms. The van der Waals surface area contributed by atoms with Gasteiger partial charge in [-0.25, -0.2) is 0 Å². The van der Waals surface area contributed by atoms with E-state index in [1.165, 1.54) is 4.90 Å². The molecule has 8 heteroatoms. The standard InChI is InChI=1S/C23H18N4O3S/c1-12-17(11-24)22(31-19(12)23(29)27(2)3)26-21(28)16-10-15-14-7-5-4-6-13(14)8-9-18(15)30-20(16)25/h4-10,25H,1-3H3,(H,26,28). The van der Waals surface area contributed by atoms with Crippen molar-refractivity contribution in [2.24, 2.45) is 0 Å². The van der Waals surface area contributed by atoms with Gasteiger partial charge in [0.1, 0.15) is 22.2 Å². The number of carbonyl (C=O) groups excluding carboxylic acids is 2. The van der Waals surface area contributed by atoms with Crippen LogP contribution in [0, 0.1) is 23.7 Å². The van der Waals surface area contributed by atoms with Gasteiger partial charge in [0.05, 0.1) is 10.4 Å². The van der Waals surface area contributed by atoms with Crippen molar-refractivity contribution in [3.63, 3.8) is 0 Å². The van der Waals surface area contributed by atoms with Crippen molar-refractivity contribution in [2.45, 2.75) is 6.92 Å². The molecule has 0 atom stereocenters. The number of nitriles is 1. The van der Waals surface area contributed by atoms with Gasteiger partial charge in [-0.1, -0.05) is 30.3 Å². The average Bonchev–Trinajstić information content (AvgIpc) is 3.06. The summed E-state index contributed by atoms with van der Waals surface area (Å²) in [4.78, 5) is 27.2. The quantitative estimate of drug-likeness (QED) is 0.473. The number of carbonyl (C=O) groups is 2. The number of fused-ring (bicyclic) bond motifs is 3. The molecule has 0 aliphatic carbocycles. The van der Waals surface area contributed by atoms with Crippen molar-refractivity contribution in [1.82, 2.24) is 4.90 Å². The first-order valence-electron chi connectivity index (χ1n) is 9.38. The Labute approximate surface area is 181 Å². The van der Waals surface area contributed by atoms with Gasteiger partial charge < -0.3 is 14.6 Å². The summed E-state index contributed by atoms with van der Waals surface area (Å²) in [6.45, 7) is 1.68. The lowest BCUT2D eigenvalue weighted by atomic mass is 10.0. The maximum Gasteiger partial charge on any atom is 0.263 e. The minimum Gasteiger partial charge on any atom is -0.438 e. The molecular weight excluding hydrogens is 412 g/mol. The van der Waals surface area contributed by atoms with E-state index in [0.29, 0.717) is 21.4 Å². The third-order valence-corrected chi connectivity index (χ3v) is 6.20. The van der Waals surface area contributed by atoms with Gasteiger partial charge in [-0.3, -0.25) is 15.0 Å². The van der Waals surface area contributed by atoms with Gasteiger partial charge in [0.2, 0.25) is 5.55 Å². The summed E-state index contributed by atoms with van der Waals surface area (Å²) in [6.07, 6.45) is 0. The van der Waals surface area contributed by atoms with Crippen LogP contribution in [0.2, 0.25) is 0 Å². The van der Waals surface area contributed by atoms with Crippen LogP contribution in [0.3, 0.4) is 0 Å². The number of benzene rings is 2. The molecule has 0 saturated heterocycles. The molecule has 0 aliphatic heterocycles. The highest BCUT2D eigenvalue weighted by molar-refractivity contribution is 7.18. The van der Waals surface area contributed by atoms with Crippen LogP contribution in [0.1, 0.15) is 31.2 Å². The molecule has 2 N–H and O–H groups in total. The highest BCUT2D eigenvalue weighted by Crippen LogP contribution is 2.33. The maximum absolute atomic E-state index is 13.0. The van der Waals surface area contributed by atoms with Crippen LogP contribution in [-0.2, 0) is 0 Å². The predicted octanol–water partition coefficient (Wildman–Crippen LogP) is 4.26. The fraction of sp³-hybridized carbons (Fsp3) is 0.130. The Bertz CT molecular complexity index is 1470. The molecule has 2 aromatic carbocycles. The van der Waals surface area contributed by atoms with Crippen LogP contribution in [-0.4, -0.2) is 30.8 Å². The summed E-state index contributed by atoms with van der Waals surface area (Å²) < 4.78 is 5.60. The fourth-order valence-electron chi connectivity index (χ4n) is 3.37. The molecule has 154 valence electrons. The zero-order valence-electron chi connectivity index (χ0n) is 17.1. The van der Waals surface area contributed by atoms with Gasteiger partial charge in [-0.05, 0) is 35.4 Å². The van der Waals surface area contributed by atoms with Gasteiger partial charge >= 0.3 is 0 Å². The van der Waals surface area contributed by atoms with E-state index in [9.17, 15) is 14.9 Å². The van der Waals surface area contributed by atoms with Crippen LogP contribution in [0.25, 0.3) is 21.7 Å². The topological polar surface area (TPSA) is 110 Å². The first-order valence-corrected chi connectivity index (χ1v) is 10.2. The van der Waals surface area contributed by atoms with Crippen molar-refractivity contribution >= 4 is 49.9 Å². The van der Waals surface area contributed by atoms with Gasteiger partial charge in [0, 0.05) is 19.5 Å². The zero-order valence-corrected chi connectivity index (χ0v) is 17.9. The molecule has 4 rings (SSSR count). The summed E-state index contributed by atoms with van der Waals surface area (Å²) in [7, 11) is 3.25. The Kier molecular flexibility index (Phi) is 5.05. The SMILES string of the molecule is Cc1c(C(=O)N(C)C)sc(NC(=O)c2cc3c(ccc4ccccc43)oc2=N)c1C#N. The molecule has 4 aromatic rings. The van der Waals surface area contributed by atoms with E-state index in [0.717, 1.165) is 22.1 Å². The molecule has 2 heterocycles. The monoisotopic (exact) mass is 430 g/mol. The Morgan fingerprint density at radius 2 is 1.90 bits per heavy atom. The molecule has 0 bridgehead atoms. The second kappa shape index (κ2) is 7.70. The molecule has 0 fully saturated rings. The molecule has 2 amide bonds. The largest absolute Gasteiger partial charge is 0.438 e. The lowest BCUT2D eigenvalue weighted by molar-refractivity contribution is 0.0831. The second-order valence-electron chi connectivity index (χ2n) is 7.21. The fourth-order valence-corrected chi connectivity index (χ4v) is 4.54. The number of nitrogens with zero attached hydrogens (tertiary/aromatic N) is 2. The molecular formula is C23H18N4O3S. The summed E-state index contributed by atoms with van der Waals surface area (Å²) in [6, 6.07) is 15.1. The van der Waals surface area contributed by atoms with E-state index in [4.69, 9.17) is 9.83 Å². The number of rotatable bonds is 3. The van der Waals surface area contributed by atoms with Crippen LogP contribution < -0.4 is 10.9 Å². The van der Waals surface area contributed by atoms with Gasteiger partial charge in [0.15, 0.2) is 0 Å². The molecule has 0 saturated carbocycles. The predicted molar refractivity (Wildman–Crippen MR) is 119 cm³/mol. The van der Waals surface area contributed by atoms with Gasteiger partial charge in [-0.2, -0.15) is 5.26 Å². The molecule has 0 radical (unpaired) electrons. The molecule has 0 unspecified atom stereocenters. The first-order chi connectivity index (χ1) is 14.8. The summed E-state index contributed by atoms with van der Waals surface area (Å²) in [5, 5.41) is 23.3. The Balaban J connectivity index is 1.79. The third kappa shape index (κ3) is 3.45. The average molecular weight is 430 g/mol. The van der Waals surface area contributed by atoms with Crippen LogP contribution in [0.5, 0.6) is 0 Å². The molecule has 0 aliphatic rings. The van der Waals surface area contributed by atoms with Crippen molar-refractivity contribution in [3.8, 4) is 6.07 Å². The van der Waals surface area contributed by atoms with E-state index in [2.05, 4.69) is 11.4 Å². The minimum atomic E-state index is -0.579. The van der Waals surface area contributed by atoms with Crippen molar-refractivity contribution in [2.75, 3.05) is 19.4 Å². The minimum absolute atomic E-state index is 0.0410. The normalized spacial score (nSPS) is 10.8. The van der Waals surface area contributed by atoms with E-state index < -0.39 is 5.91 Å². The maximum atomic E-state index is 13.0. The van der Waals surface area contributed by atoms with Gasteiger partial charge in [0.25, 0.3) is 11.8 Å². The van der Waals surface area contributed by atoms with E-state index in [1.54, 1.807) is 33.2 Å². The molecule has 2 aromatic heterocycles. The van der Waals surface area contributed by atoms with Crippen molar-refractivity contribution in [1.29, 1.82) is 10.7 Å². The van der Waals surface area contributed by atoms with E-state index in [-0.39, 0.29) is 27.6 Å². The highest BCUT2D eigenvalue weighted by Gasteiger charge is 2.23. The summed E-state index contributed by atoms with van der Waals surface area (Å²) in [5.41, 5.74) is 1.01. The number of amides is 2. The van der Waals surface area contributed by atoms with Crippen molar-refractivity contribution in [3.05, 3.63) is 69.6 Å². The Morgan fingerprint density at radius 1 is 1.16 bits per heavy atom. The van der Waals surface area contributed by atoms with Crippen LogP contribution >= 0.6 is 11.3 Å². The van der Waals surface area contributed by atoms with E-state index >= 15 is 0 Å². The Morgan fingerprint density at radius 3 is 2.61 bits per heavy atom. The third-order valence-electron chi connectivity index (χ3n) is 5.01. The number of thiophene rings is 1. The van der Waals surface area contributed by atoms with Gasteiger partial charge in [-0.15, -0.1) is 11.3 Å². The number of hydrogen-bond acceptors (Lipinski definition) is 6. The van der Waals surface area contributed by atoms with Crippen LogP contribution in [0.15, 0.2) is 46.9 Å². The summed E-state index contributed by atoms with van der Waals surface area (Å²) in [5.74, 6) is -0.821. The summed E-state index contributed by atoms with van der Waals surface area (Å²) >= 11 is 1.04. The smallest absolute Gasteiger partial charge is 0.263 e. The highest BCUT2D eigenvalue weighted by atomic mass is 32.1. The van der Waals surface area contributed by atoms with E-state index in [1.807, 2.05) is 30.3 Å². The lowest BCUT2D eigenvalue weighted by Crippen LogP contribution is -2.21.